The summed E-state index contributed by atoms with van der Waals surface area (Å²) in [6.45, 7) is 1.52. The van der Waals surface area contributed by atoms with Crippen molar-refractivity contribution < 1.29 is 18.4 Å². The average molecular weight is 304 g/mol. The fourth-order valence-electron chi connectivity index (χ4n) is 1.86. The molecule has 0 bridgehead atoms. The fraction of sp³-hybridized carbons (Fsp3) is 0.125. The molecule has 0 atom stereocenters. The molecule has 0 fully saturated rings. The van der Waals surface area contributed by atoms with Gasteiger partial charge >= 0.3 is 0 Å². The minimum Gasteiger partial charge on any atom is -0.343 e. The summed E-state index contributed by atoms with van der Waals surface area (Å²) in [7, 11) is 0. The van der Waals surface area contributed by atoms with Crippen LogP contribution in [-0.4, -0.2) is 18.4 Å². The number of aryl methyl sites for hydroxylation is 1. The third-order valence-electron chi connectivity index (χ3n) is 3.00. The summed E-state index contributed by atoms with van der Waals surface area (Å²) in [6, 6.07) is 9.99. The monoisotopic (exact) mass is 304 g/mol. The number of anilines is 1. The first-order valence-electron chi connectivity index (χ1n) is 6.56. The molecule has 0 saturated carbocycles. The molecule has 2 aromatic carbocycles. The van der Waals surface area contributed by atoms with Crippen LogP contribution in [0.15, 0.2) is 42.5 Å². The molecule has 0 aliphatic carbocycles. The summed E-state index contributed by atoms with van der Waals surface area (Å²) >= 11 is 0. The number of carbonyl (C=O) groups excluding carboxylic acids is 2. The third kappa shape index (κ3) is 3.88. The Balaban J connectivity index is 1.91. The zero-order chi connectivity index (χ0) is 16.1. The lowest BCUT2D eigenvalue weighted by Gasteiger charge is -2.08. The number of halogens is 2. The van der Waals surface area contributed by atoms with E-state index in [0.717, 1.165) is 17.7 Å². The fourth-order valence-corrected chi connectivity index (χ4v) is 1.86. The summed E-state index contributed by atoms with van der Waals surface area (Å²) in [5, 5.41) is 4.84. The molecule has 0 spiro atoms. The Morgan fingerprint density at radius 3 is 2.45 bits per heavy atom. The Morgan fingerprint density at radius 2 is 1.77 bits per heavy atom. The first kappa shape index (κ1) is 15.6. The molecule has 114 valence electrons. The van der Waals surface area contributed by atoms with Crippen molar-refractivity contribution >= 4 is 17.5 Å². The molecular weight excluding hydrogens is 290 g/mol. The van der Waals surface area contributed by atoms with Crippen molar-refractivity contribution in [2.24, 2.45) is 0 Å². The van der Waals surface area contributed by atoms with Gasteiger partial charge in [0, 0.05) is 17.3 Å². The normalized spacial score (nSPS) is 10.1. The Morgan fingerprint density at radius 1 is 1.05 bits per heavy atom. The summed E-state index contributed by atoms with van der Waals surface area (Å²) < 4.78 is 25.8. The highest BCUT2D eigenvalue weighted by Crippen LogP contribution is 2.12. The summed E-state index contributed by atoms with van der Waals surface area (Å²) in [4.78, 5) is 23.6. The molecule has 0 heterocycles. The van der Waals surface area contributed by atoms with Crippen LogP contribution in [0.2, 0.25) is 0 Å². The van der Waals surface area contributed by atoms with Crippen LogP contribution in [0, 0.1) is 18.6 Å². The van der Waals surface area contributed by atoms with Gasteiger partial charge in [0.25, 0.3) is 5.91 Å². The van der Waals surface area contributed by atoms with Crippen molar-refractivity contribution in [2.45, 2.75) is 6.92 Å². The average Bonchev–Trinajstić information content (AvgIpc) is 2.49. The van der Waals surface area contributed by atoms with Crippen LogP contribution in [0.25, 0.3) is 0 Å². The molecule has 0 radical (unpaired) electrons. The number of carbonyl (C=O) groups is 2. The molecular formula is C16H14F2N2O2. The molecule has 2 aromatic rings. The van der Waals surface area contributed by atoms with Crippen molar-refractivity contribution in [2.75, 3.05) is 11.9 Å². The number of amides is 2. The summed E-state index contributed by atoms with van der Waals surface area (Å²) in [5.41, 5.74) is 1.39. The maximum atomic E-state index is 13.0. The molecule has 0 aromatic heterocycles. The van der Waals surface area contributed by atoms with Gasteiger partial charge in [0.05, 0.1) is 6.54 Å². The van der Waals surface area contributed by atoms with Gasteiger partial charge in [0.15, 0.2) is 11.6 Å². The van der Waals surface area contributed by atoms with Gasteiger partial charge in [-0.1, -0.05) is 18.2 Å². The number of hydrogen-bond donors (Lipinski definition) is 2. The van der Waals surface area contributed by atoms with E-state index in [4.69, 9.17) is 0 Å². The van der Waals surface area contributed by atoms with E-state index in [9.17, 15) is 18.4 Å². The van der Waals surface area contributed by atoms with Crippen LogP contribution in [0.1, 0.15) is 15.9 Å². The smallest absolute Gasteiger partial charge is 0.251 e. The first-order valence-corrected chi connectivity index (χ1v) is 6.56. The minimum absolute atomic E-state index is 0.119. The van der Waals surface area contributed by atoms with Crippen LogP contribution >= 0.6 is 0 Å². The molecule has 22 heavy (non-hydrogen) atoms. The Bertz CT molecular complexity index is 717. The van der Waals surface area contributed by atoms with E-state index >= 15 is 0 Å². The highest BCUT2D eigenvalue weighted by Gasteiger charge is 2.10. The predicted molar refractivity (Wildman–Crippen MR) is 78.5 cm³/mol. The quantitative estimate of drug-likeness (QED) is 0.912. The third-order valence-corrected chi connectivity index (χ3v) is 3.00. The van der Waals surface area contributed by atoms with Gasteiger partial charge in [-0.25, -0.2) is 8.78 Å². The number of benzene rings is 2. The molecule has 0 aliphatic heterocycles. The highest BCUT2D eigenvalue weighted by atomic mass is 19.2. The molecule has 2 N–H and O–H groups in total. The second-order valence-corrected chi connectivity index (χ2v) is 4.67. The number of rotatable bonds is 4. The first-order chi connectivity index (χ1) is 10.5. The molecule has 0 saturated heterocycles. The van der Waals surface area contributed by atoms with E-state index in [0.29, 0.717) is 5.56 Å². The standard InChI is InChI=1S/C16H14F2N2O2/c1-10-4-2-3-5-12(10)16(22)19-9-15(21)20-11-6-7-13(17)14(18)8-11/h2-8H,9H2,1H3,(H,19,22)(H,20,21). The molecule has 6 heteroatoms. The van der Waals surface area contributed by atoms with Crippen molar-refractivity contribution in [3.63, 3.8) is 0 Å². The second kappa shape index (κ2) is 6.80. The maximum Gasteiger partial charge on any atom is 0.251 e. The largest absolute Gasteiger partial charge is 0.343 e. The van der Waals surface area contributed by atoms with E-state index in [-0.39, 0.29) is 18.1 Å². The van der Waals surface area contributed by atoms with Crippen LogP contribution in [0.3, 0.4) is 0 Å². The van der Waals surface area contributed by atoms with Crippen molar-refractivity contribution in [1.29, 1.82) is 0 Å². The molecule has 0 aliphatic rings. The molecule has 0 unspecified atom stereocenters. The zero-order valence-electron chi connectivity index (χ0n) is 11.8. The van der Waals surface area contributed by atoms with Gasteiger partial charge in [-0.05, 0) is 30.7 Å². The summed E-state index contributed by atoms with van der Waals surface area (Å²) in [5.74, 6) is -2.96. The van der Waals surface area contributed by atoms with Gasteiger partial charge in [-0.15, -0.1) is 0 Å². The molecule has 2 rings (SSSR count). The second-order valence-electron chi connectivity index (χ2n) is 4.67. The van der Waals surface area contributed by atoms with Crippen molar-refractivity contribution in [1.82, 2.24) is 5.32 Å². The Kier molecular flexibility index (Phi) is 4.83. The van der Waals surface area contributed by atoms with E-state index < -0.39 is 17.5 Å². The van der Waals surface area contributed by atoms with Gasteiger partial charge in [-0.2, -0.15) is 0 Å². The lowest BCUT2D eigenvalue weighted by atomic mass is 10.1. The zero-order valence-corrected chi connectivity index (χ0v) is 11.8. The maximum absolute atomic E-state index is 13.0. The van der Waals surface area contributed by atoms with Crippen LogP contribution in [0.5, 0.6) is 0 Å². The van der Waals surface area contributed by atoms with Crippen LogP contribution in [0.4, 0.5) is 14.5 Å². The van der Waals surface area contributed by atoms with Gasteiger partial charge in [0.2, 0.25) is 5.91 Å². The summed E-state index contributed by atoms with van der Waals surface area (Å²) in [6.07, 6.45) is 0. The molecule has 4 nitrogen and oxygen atoms in total. The highest BCUT2D eigenvalue weighted by molar-refractivity contribution is 6.00. The van der Waals surface area contributed by atoms with Gasteiger partial charge in [0.1, 0.15) is 0 Å². The van der Waals surface area contributed by atoms with Gasteiger partial charge < -0.3 is 10.6 Å². The van der Waals surface area contributed by atoms with E-state index in [1.54, 1.807) is 25.1 Å². The SMILES string of the molecule is Cc1ccccc1C(=O)NCC(=O)Nc1ccc(F)c(F)c1. The van der Waals surface area contributed by atoms with Crippen molar-refractivity contribution in [3.05, 3.63) is 65.2 Å². The van der Waals surface area contributed by atoms with Crippen LogP contribution in [-0.2, 0) is 4.79 Å². The number of hydrogen-bond acceptors (Lipinski definition) is 2. The van der Waals surface area contributed by atoms with E-state index in [1.807, 2.05) is 6.07 Å². The topological polar surface area (TPSA) is 58.2 Å². The van der Waals surface area contributed by atoms with Gasteiger partial charge in [-0.3, -0.25) is 9.59 Å². The van der Waals surface area contributed by atoms with Crippen LogP contribution < -0.4 is 10.6 Å². The Hall–Kier alpha value is -2.76. The van der Waals surface area contributed by atoms with E-state index in [2.05, 4.69) is 10.6 Å². The predicted octanol–water partition coefficient (Wildman–Crippen LogP) is 2.64. The molecule has 2 amide bonds. The Labute approximate surface area is 126 Å². The van der Waals surface area contributed by atoms with Crippen molar-refractivity contribution in [3.8, 4) is 0 Å². The minimum atomic E-state index is -1.05. The lowest BCUT2D eigenvalue weighted by molar-refractivity contribution is -0.115. The number of nitrogens with one attached hydrogen (secondary N) is 2. The lowest BCUT2D eigenvalue weighted by Crippen LogP contribution is -2.33. The van der Waals surface area contributed by atoms with E-state index in [1.165, 1.54) is 6.07 Å².